The number of ether oxygens (including phenoxy) is 1. The summed E-state index contributed by atoms with van der Waals surface area (Å²) >= 11 is 0. The van der Waals surface area contributed by atoms with Crippen LogP contribution in [0.15, 0.2) is 47.1 Å². The molecular weight excluding hydrogens is 316 g/mol. The fourth-order valence-corrected chi connectivity index (χ4v) is 3.20. The zero-order valence-corrected chi connectivity index (χ0v) is 15.1. The van der Waals surface area contributed by atoms with E-state index in [4.69, 9.17) is 9.15 Å². The minimum absolute atomic E-state index is 0.000546. The van der Waals surface area contributed by atoms with Crippen LogP contribution in [-0.4, -0.2) is 54.6 Å². The van der Waals surface area contributed by atoms with Crippen molar-refractivity contribution in [3.63, 3.8) is 0 Å². The molecule has 0 radical (unpaired) electrons. The SMILES string of the molecule is Cc1cc(C(=O)N(C)C(C)C2CN(Cc3ccccc3)CCO2)co1. The Morgan fingerprint density at radius 1 is 1.36 bits per heavy atom. The maximum atomic E-state index is 12.6. The van der Waals surface area contributed by atoms with Crippen molar-refractivity contribution in [1.82, 2.24) is 9.80 Å². The van der Waals surface area contributed by atoms with Crippen LogP contribution in [0.1, 0.15) is 28.6 Å². The largest absolute Gasteiger partial charge is 0.469 e. The first kappa shape index (κ1) is 17.7. The number of furan rings is 1. The third kappa shape index (κ3) is 4.30. The summed E-state index contributed by atoms with van der Waals surface area (Å²) in [4.78, 5) is 16.8. The van der Waals surface area contributed by atoms with Crippen molar-refractivity contribution in [2.75, 3.05) is 26.7 Å². The van der Waals surface area contributed by atoms with Crippen molar-refractivity contribution in [3.8, 4) is 0 Å². The van der Waals surface area contributed by atoms with E-state index in [0.717, 1.165) is 25.4 Å². The summed E-state index contributed by atoms with van der Waals surface area (Å²) in [5.41, 5.74) is 1.89. The Kier molecular flexibility index (Phi) is 5.56. The van der Waals surface area contributed by atoms with Crippen LogP contribution in [-0.2, 0) is 11.3 Å². The lowest BCUT2D eigenvalue weighted by Gasteiger charge is -2.39. The fraction of sp³-hybridized carbons (Fsp3) is 0.450. The van der Waals surface area contributed by atoms with Crippen LogP contribution in [0.4, 0.5) is 0 Å². The maximum absolute atomic E-state index is 12.6. The summed E-state index contributed by atoms with van der Waals surface area (Å²) in [7, 11) is 1.83. The topological polar surface area (TPSA) is 45.9 Å². The normalized spacial score (nSPS) is 19.6. The quantitative estimate of drug-likeness (QED) is 0.838. The second-order valence-electron chi connectivity index (χ2n) is 6.73. The van der Waals surface area contributed by atoms with Crippen molar-refractivity contribution in [3.05, 3.63) is 59.5 Å². The molecule has 1 aromatic heterocycles. The molecule has 1 aliphatic rings. The van der Waals surface area contributed by atoms with Gasteiger partial charge in [-0.3, -0.25) is 9.69 Å². The van der Waals surface area contributed by atoms with E-state index < -0.39 is 0 Å². The molecule has 25 heavy (non-hydrogen) atoms. The molecule has 5 heteroatoms. The van der Waals surface area contributed by atoms with Crippen LogP contribution >= 0.6 is 0 Å². The van der Waals surface area contributed by atoms with E-state index in [-0.39, 0.29) is 18.1 Å². The highest BCUT2D eigenvalue weighted by Crippen LogP contribution is 2.18. The van der Waals surface area contributed by atoms with Gasteiger partial charge >= 0.3 is 0 Å². The molecule has 1 aromatic carbocycles. The van der Waals surface area contributed by atoms with Crippen LogP contribution in [0.25, 0.3) is 0 Å². The van der Waals surface area contributed by atoms with E-state index >= 15 is 0 Å². The van der Waals surface area contributed by atoms with E-state index in [2.05, 4.69) is 29.2 Å². The minimum Gasteiger partial charge on any atom is -0.469 e. The standard InChI is InChI=1S/C20H26N2O3/c1-15-11-18(14-25-15)20(23)21(3)16(2)19-13-22(9-10-24-19)12-17-7-5-4-6-8-17/h4-8,11,14,16,19H,9-10,12-13H2,1-3H3. The van der Waals surface area contributed by atoms with E-state index in [9.17, 15) is 4.79 Å². The molecule has 2 aromatic rings. The number of amides is 1. The summed E-state index contributed by atoms with van der Waals surface area (Å²) in [6.45, 7) is 7.21. The number of carbonyl (C=O) groups is 1. The molecule has 5 nitrogen and oxygen atoms in total. The molecule has 0 aliphatic carbocycles. The van der Waals surface area contributed by atoms with E-state index in [1.807, 2.05) is 27.0 Å². The number of carbonyl (C=O) groups excluding carboxylic acids is 1. The number of rotatable bonds is 5. The van der Waals surface area contributed by atoms with Crippen LogP contribution in [0.3, 0.4) is 0 Å². The zero-order chi connectivity index (χ0) is 17.8. The molecule has 0 saturated carbocycles. The lowest BCUT2D eigenvalue weighted by molar-refractivity contribution is -0.0615. The van der Waals surface area contributed by atoms with Crippen LogP contribution in [0.5, 0.6) is 0 Å². The number of hydrogen-bond acceptors (Lipinski definition) is 4. The number of morpholine rings is 1. The number of aryl methyl sites for hydroxylation is 1. The molecule has 1 amide bonds. The van der Waals surface area contributed by atoms with Gasteiger partial charge in [0.15, 0.2) is 0 Å². The number of hydrogen-bond donors (Lipinski definition) is 0. The lowest BCUT2D eigenvalue weighted by atomic mass is 10.1. The average molecular weight is 342 g/mol. The predicted molar refractivity (Wildman–Crippen MR) is 96.5 cm³/mol. The van der Waals surface area contributed by atoms with Gasteiger partial charge in [0.05, 0.1) is 24.3 Å². The fourth-order valence-electron chi connectivity index (χ4n) is 3.20. The highest BCUT2D eigenvalue weighted by Gasteiger charge is 2.30. The molecule has 3 rings (SSSR count). The average Bonchev–Trinajstić information content (AvgIpc) is 3.07. The van der Waals surface area contributed by atoms with Gasteiger partial charge in [-0.05, 0) is 25.5 Å². The van der Waals surface area contributed by atoms with E-state index in [1.165, 1.54) is 11.8 Å². The van der Waals surface area contributed by atoms with Crippen LogP contribution < -0.4 is 0 Å². The molecule has 2 atom stereocenters. The van der Waals surface area contributed by atoms with Crippen molar-refractivity contribution in [2.24, 2.45) is 0 Å². The van der Waals surface area contributed by atoms with Crippen molar-refractivity contribution in [1.29, 1.82) is 0 Å². The third-order valence-electron chi connectivity index (χ3n) is 4.87. The molecular formula is C20H26N2O3. The first-order valence-electron chi connectivity index (χ1n) is 8.75. The highest BCUT2D eigenvalue weighted by molar-refractivity contribution is 5.94. The Bertz CT molecular complexity index is 698. The second kappa shape index (κ2) is 7.85. The van der Waals surface area contributed by atoms with Gasteiger partial charge in [0, 0.05) is 26.7 Å². The zero-order valence-electron chi connectivity index (χ0n) is 15.1. The molecule has 2 unspecified atom stereocenters. The first-order chi connectivity index (χ1) is 12.0. The molecule has 2 heterocycles. The molecule has 1 saturated heterocycles. The highest BCUT2D eigenvalue weighted by atomic mass is 16.5. The van der Waals surface area contributed by atoms with Crippen LogP contribution in [0, 0.1) is 6.92 Å². The Hall–Kier alpha value is -2.11. The summed E-state index contributed by atoms with van der Waals surface area (Å²) < 4.78 is 11.2. The lowest BCUT2D eigenvalue weighted by Crippen LogP contribution is -2.52. The van der Waals surface area contributed by atoms with Crippen molar-refractivity contribution >= 4 is 5.91 Å². The van der Waals surface area contributed by atoms with Gasteiger partial charge in [-0.2, -0.15) is 0 Å². The number of nitrogens with zero attached hydrogens (tertiary/aromatic N) is 2. The number of benzene rings is 1. The van der Waals surface area contributed by atoms with Crippen molar-refractivity contribution in [2.45, 2.75) is 32.5 Å². The van der Waals surface area contributed by atoms with Gasteiger partial charge in [-0.1, -0.05) is 30.3 Å². The van der Waals surface area contributed by atoms with Crippen molar-refractivity contribution < 1.29 is 13.9 Å². The van der Waals surface area contributed by atoms with Gasteiger partial charge in [0.1, 0.15) is 12.0 Å². The Morgan fingerprint density at radius 3 is 2.80 bits per heavy atom. The van der Waals surface area contributed by atoms with Gasteiger partial charge < -0.3 is 14.1 Å². The maximum Gasteiger partial charge on any atom is 0.257 e. The molecule has 1 aliphatic heterocycles. The van der Waals surface area contributed by atoms with Gasteiger partial charge in [-0.25, -0.2) is 0 Å². The Morgan fingerprint density at radius 2 is 2.12 bits per heavy atom. The van der Waals surface area contributed by atoms with Gasteiger partial charge in [-0.15, -0.1) is 0 Å². The third-order valence-corrected chi connectivity index (χ3v) is 4.87. The minimum atomic E-state index is -0.0341. The second-order valence-corrected chi connectivity index (χ2v) is 6.73. The van der Waals surface area contributed by atoms with Gasteiger partial charge in [0.25, 0.3) is 5.91 Å². The summed E-state index contributed by atoms with van der Waals surface area (Å²) in [6.07, 6.45) is 1.52. The van der Waals surface area contributed by atoms with E-state index in [1.54, 1.807) is 11.0 Å². The summed E-state index contributed by atoms with van der Waals surface area (Å²) in [5, 5.41) is 0. The summed E-state index contributed by atoms with van der Waals surface area (Å²) in [5.74, 6) is 0.709. The van der Waals surface area contributed by atoms with Gasteiger partial charge in [0.2, 0.25) is 0 Å². The predicted octanol–water partition coefficient (Wildman–Crippen LogP) is 2.95. The smallest absolute Gasteiger partial charge is 0.257 e. The Labute approximate surface area is 149 Å². The molecule has 0 bridgehead atoms. The molecule has 1 fully saturated rings. The molecule has 0 spiro atoms. The summed E-state index contributed by atoms with van der Waals surface area (Å²) in [6, 6.07) is 12.2. The molecule has 0 N–H and O–H groups in total. The van der Waals surface area contributed by atoms with E-state index in [0.29, 0.717) is 12.2 Å². The van der Waals surface area contributed by atoms with Crippen LogP contribution in [0.2, 0.25) is 0 Å². The first-order valence-corrected chi connectivity index (χ1v) is 8.75. The Balaban J connectivity index is 1.61. The molecule has 134 valence electrons. The monoisotopic (exact) mass is 342 g/mol. The number of likely N-dealkylation sites (N-methyl/N-ethyl adjacent to an activating group) is 1.